The van der Waals surface area contributed by atoms with E-state index in [-0.39, 0.29) is 17.5 Å². The van der Waals surface area contributed by atoms with Crippen LogP contribution in [0.15, 0.2) is 0 Å². The third-order valence-corrected chi connectivity index (χ3v) is 1.76. The molecule has 0 amide bonds. The average Bonchev–Trinajstić information content (AvgIpc) is 2.02. The number of thiocarbonyl (C=S) groups is 1. The van der Waals surface area contributed by atoms with Crippen molar-refractivity contribution in [2.45, 2.75) is 26.2 Å². The van der Waals surface area contributed by atoms with Crippen LogP contribution in [0, 0.1) is 5.92 Å². The highest BCUT2D eigenvalue weighted by atomic mass is 32.1. The van der Waals surface area contributed by atoms with Gasteiger partial charge in [-0.25, -0.2) is 0 Å². The molecule has 0 saturated heterocycles. The van der Waals surface area contributed by atoms with Crippen LogP contribution in [-0.4, -0.2) is 16.3 Å². The van der Waals surface area contributed by atoms with Crippen LogP contribution in [0.1, 0.15) is 26.2 Å². The van der Waals surface area contributed by atoms with Crippen LogP contribution in [0.2, 0.25) is 0 Å². The summed E-state index contributed by atoms with van der Waals surface area (Å²) >= 11 is 7.61. The van der Waals surface area contributed by atoms with Crippen molar-refractivity contribution in [3.8, 4) is 0 Å². The van der Waals surface area contributed by atoms with Gasteiger partial charge in [-0.2, -0.15) is 0 Å². The van der Waals surface area contributed by atoms with Crippen molar-refractivity contribution in [1.29, 1.82) is 0 Å². The Balaban J connectivity index is 0.000000354. The second-order valence-corrected chi connectivity index (χ2v) is 3.53. The Morgan fingerprint density at radius 1 is 1.58 bits per heavy atom. The molecule has 0 heterocycles. The summed E-state index contributed by atoms with van der Waals surface area (Å²) in [7, 11) is 0. The topological polar surface area (TPSA) is 34.1 Å². The van der Waals surface area contributed by atoms with Crippen LogP contribution >= 0.6 is 24.8 Å². The highest BCUT2D eigenvalue weighted by Gasteiger charge is 2.24. The number of hydrogen-bond acceptors (Lipinski definition) is 3. The average molecular weight is 204 g/mol. The lowest BCUT2D eigenvalue weighted by molar-refractivity contribution is -0.140. The van der Waals surface area contributed by atoms with E-state index in [1.807, 2.05) is 6.92 Å². The zero-order valence-corrected chi connectivity index (χ0v) is 8.66. The Hall–Kier alpha value is -0.220. The lowest BCUT2D eigenvalue weighted by atomic mass is 9.89. The molecule has 1 atom stereocenters. The fourth-order valence-electron chi connectivity index (χ4n) is 1.10. The van der Waals surface area contributed by atoms with Gasteiger partial charge in [-0.05, 0) is 12.8 Å². The Morgan fingerprint density at radius 2 is 2.08 bits per heavy atom. The van der Waals surface area contributed by atoms with Crippen LogP contribution in [0.3, 0.4) is 0 Å². The molecule has 4 heteroatoms. The third-order valence-electron chi connectivity index (χ3n) is 1.76. The molecule has 0 aromatic rings. The van der Waals surface area contributed by atoms with Gasteiger partial charge in [-0.3, -0.25) is 9.59 Å². The number of carbonyl (C=O) groups excluding carboxylic acids is 2. The fourth-order valence-corrected chi connectivity index (χ4v) is 1.10. The van der Waals surface area contributed by atoms with Crippen molar-refractivity contribution in [3.05, 3.63) is 0 Å². The Kier molecular flexibility index (Phi) is 6.20. The van der Waals surface area contributed by atoms with E-state index in [9.17, 15) is 9.59 Å². The molecule has 0 N–H and O–H groups in total. The normalized spacial score (nSPS) is 22.7. The van der Waals surface area contributed by atoms with Crippen molar-refractivity contribution in [2.24, 2.45) is 5.92 Å². The Morgan fingerprint density at radius 3 is 2.42 bits per heavy atom. The molecule has 2 nitrogen and oxygen atoms in total. The number of hydrogen-bond donors (Lipinski definition) is 1. The molecule has 1 aliphatic carbocycles. The van der Waals surface area contributed by atoms with E-state index in [0.717, 1.165) is 12.8 Å². The molecule has 1 saturated carbocycles. The molecule has 1 rings (SSSR count). The van der Waals surface area contributed by atoms with Crippen molar-refractivity contribution in [3.63, 3.8) is 0 Å². The van der Waals surface area contributed by atoms with E-state index in [2.05, 4.69) is 24.8 Å². The number of rotatable bonds is 0. The van der Waals surface area contributed by atoms with Gasteiger partial charge in [0.2, 0.25) is 5.78 Å². The molecule has 0 aliphatic heterocycles. The molecular weight excluding hydrogens is 192 g/mol. The fraction of sp³-hybridized carbons (Fsp3) is 0.625. The number of Topliss-reactive ketones (excluding diaryl/α,β-unsaturated/α-hetero) is 2. The quantitative estimate of drug-likeness (QED) is 0.371. The van der Waals surface area contributed by atoms with Crippen LogP contribution in [0.5, 0.6) is 0 Å². The van der Waals surface area contributed by atoms with E-state index in [0.29, 0.717) is 6.42 Å². The molecule has 1 fully saturated rings. The molecule has 1 aliphatic rings. The third kappa shape index (κ3) is 3.97. The summed E-state index contributed by atoms with van der Waals surface area (Å²) in [6, 6.07) is 0. The minimum absolute atomic E-state index is 0.00810. The second kappa shape index (κ2) is 6.31. The summed E-state index contributed by atoms with van der Waals surface area (Å²) in [6.07, 6.45) is 2.26. The van der Waals surface area contributed by atoms with Crippen LogP contribution in [0.25, 0.3) is 0 Å². The molecule has 0 spiro atoms. The first kappa shape index (κ1) is 11.8. The second-order valence-electron chi connectivity index (χ2n) is 2.69. The van der Waals surface area contributed by atoms with Crippen molar-refractivity contribution >= 4 is 41.1 Å². The van der Waals surface area contributed by atoms with Gasteiger partial charge in [0.25, 0.3) is 0 Å². The van der Waals surface area contributed by atoms with Crippen LogP contribution in [0.4, 0.5) is 0 Å². The standard InChI is InChI=1S/C7H10O2.CH2S2/c1-5-3-2-4-6(8)7(5)9;2-1-3/h5H,2-4H2,1H3;1H,(H,2,3). The van der Waals surface area contributed by atoms with Crippen molar-refractivity contribution < 1.29 is 9.59 Å². The molecule has 1 unspecified atom stereocenters. The van der Waals surface area contributed by atoms with Gasteiger partial charge in [0, 0.05) is 17.0 Å². The van der Waals surface area contributed by atoms with Gasteiger partial charge < -0.3 is 0 Å². The Labute approximate surface area is 83.1 Å². The highest BCUT2D eigenvalue weighted by molar-refractivity contribution is 8.08. The summed E-state index contributed by atoms with van der Waals surface area (Å²) in [4.78, 5) is 21.4. The SMILES string of the molecule is CC1CCCC(=O)C1=O.S=CS. The molecule has 68 valence electrons. The number of carbonyl (C=O) groups is 2. The maximum Gasteiger partial charge on any atom is 0.201 e. The molecule has 0 bridgehead atoms. The first-order valence-electron chi connectivity index (χ1n) is 3.78. The van der Waals surface area contributed by atoms with Crippen LogP contribution in [-0.2, 0) is 9.59 Å². The van der Waals surface area contributed by atoms with E-state index in [1.165, 1.54) is 4.70 Å². The summed E-state index contributed by atoms with van der Waals surface area (Å²) in [6.45, 7) is 1.82. The van der Waals surface area contributed by atoms with Gasteiger partial charge in [0.15, 0.2) is 5.78 Å². The zero-order valence-electron chi connectivity index (χ0n) is 6.95. The zero-order chi connectivity index (χ0) is 9.56. The Bertz CT molecular complexity index is 189. The lowest BCUT2D eigenvalue weighted by Gasteiger charge is -2.13. The minimum Gasteiger partial charge on any atom is -0.291 e. The van der Waals surface area contributed by atoms with Gasteiger partial charge in [-0.1, -0.05) is 19.1 Å². The van der Waals surface area contributed by atoms with Gasteiger partial charge in [-0.15, -0.1) is 12.6 Å². The maximum atomic E-state index is 10.8. The largest absolute Gasteiger partial charge is 0.291 e. The molecule has 0 aromatic heterocycles. The molecule has 0 radical (unpaired) electrons. The smallest absolute Gasteiger partial charge is 0.201 e. The summed E-state index contributed by atoms with van der Waals surface area (Å²) < 4.78 is 1.28. The summed E-state index contributed by atoms with van der Waals surface area (Å²) in [5.41, 5.74) is 0. The van der Waals surface area contributed by atoms with Crippen molar-refractivity contribution in [2.75, 3.05) is 0 Å². The lowest BCUT2D eigenvalue weighted by Crippen LogP contribution is -2.25. The number of thiol groups is 1. The maximum absolute atomic E-state index is 10.8. The molecule has 0 aromatic carbocycles. The van der Waals surface area contributed by atoms with Gasteiger partial charge in [0.1, 0.15) is 0 Å². The van der Waals surface area contributed by atoms with E-state index in [1.54, 1.807) is 0 Å². The van der Waals surface area contributed by atoms with Crippen LogP contribution < -0.4 is 0 Å². The number of ketones is 2. The highest BCUT2D eigenvalue weighted by Crippen LogP contribution is 2.16. The first-order chi connectivity index (χ1) is 5.63. The predicted molar refractivity (Wildman–Crippen MR) is 55.7 cm³/mol. The first-order valence-corrected chi connectivity index (χ1v) is 4.77. The van der Waals surface area contributed by atoms with E-state index in [4.69, 9.17) is 0 Å². The van der Waals surface area contributed by atoms with E-state index < -0.39 is 0 Å². The predicted octanol–water partition coefficient (Wildman–Crippen LogP) is 1.82. The minimum atomic E-state index is -0.172. The monoisotopic (exact) mass is 204 g/mol. The summed E-state index contributed by atoms with van der Waals surface area (Å²) in [5.74, 6) is -0.346. The summed E-state index contributed by atoms with van der Waals surface area (Å²) in [5, 5.41) is 0. The van der Waals surface area contributed by atoms with Gasteiger partial charge >= 0.3 is 0 Å². The van der Waals surface area contributed by atoms with Crippen molar-refractivity contribution in [1.82, 2.24) is 0 Å². The molecular formula is C8H12O2S2. The van der Waals surface area contributed by atoms with E-state index >= 15 is 0 Å². The molecule has 12 heavy (non-hydrogen) atoms. The van der Waals surface area contributed by atoms with Gasteiger partial charge in [0.05, 0.1) is 0 Å².